The summed E-state index contributed by atoms with van der Waals surface area (Å²) in [4.78, 5) is 9.78. The third-order valence-corrected chi connectivity index (χ3v) is 9.52. The Labute approximate surface area is 191 Å². The van der Waals surface area contributed by atoms with Gasteiger partial charge in [-0.25, -0.2) is 13.4 Å². The molecule has 0 radical (unpaired) electrons. The van der Waals surface area contributed by atoms with Gasteiger partial charge in [-0.05, 0) is 31.9 Å². The lowest BCUT2D eigenvalue weighted by Gasteiger charge is -2.24. The van der Waals surface area contributed by atoms with Gasteiger partial charge in [0.2, 0.25) is 5.84 Å². The van der Waals surface area contributed by atoms with Crippen molar-refractivity contribution in [1.82, 2.24) is 4.31 Å². The molecule has 0 aromatic carbocycles. The Balaban J connectivity index is 1.91. The lowest BCUT2D eigenvalue weighted by Crippen LogP contribution is -2.81. The minimum absolute atomic E-state index is 0.0132. The first-order chi connectivity index (χ1) is 14.4. The van der Waals surface area contributed by atoms with Crippen molar-refractivity contribution < 1.29 is 18.5 Å². The fourth-order valence-electron chi connectivity index (χ4n) is 3.38. The van der Waals surface area contributed by atoms with Gasteiger partial charge in [0.1, 0.15) is 11.7 Å². The van der Waals surface area contributed by atoms with E-state index in [1.165, 1.54) is 14.6 Å². The molecule has 31 heavy (non-hydrogen) atoms. The number of aromatic hydroxyl groups is 1. The molecule has 8 nitrogen and oxygen atoms in total. The number of amidine groups is 2. The van der Waals surface area contributed by atoms with Crippen LogP contribution in [0.4, 0.5) is 5.69 Å². The highest BCUT2D eigenvalue weighted by molar-refractivity contribution is 7.91. The van der Waals surface area contributed by atoms with Crippen LogP contribution in [0.1, 0.15) is 49.4 Å². The summed E-state index contributed by atoms with van der Waals surface area (Å²) in [5.74, 6) is -0.241. The van der Waals surface area contributed by atoms with Crippen molar-refractivity contribution >= 4 is 50.1 Å². The van der Waals surface area contributed by atoms with Gasteiger partial charge in [0.05, 0.1) is 0 Å². The molecule has 6 N–H and O–H groups in total. The highest BCUT2D eigenvalue weighted by atomic mass is 32.2. The van der Waals surface area contributed by atoms with E-state index >= 15 is 0 Å². The van der Waals surface area contributed by atoms with E-state index < -0.39 is 15.8 Å². The Hall–Kier alpha value is -1.95. The molecule has 0 bridgehead atoms. The summed E-state index contributed by atoms with van der Waals surface area (Å²) < 4.78 is 26.8. The highest BCUT2D eigenvalue weighted by Crippen LogP contribution is 2.41. The zero-order chi connectivity index (χ0) is 23.0. The molecule has 3 heterocycles. The van der Waals surface area contributed by atoms with Crippen molar-refractivity contribution in [3.8, 4) is 5.75 Å². The van der Waals surface area contributed by atoms with Gasteiger partial charge in [0, 0.05) is 33.6 Å². The second-order valence-corrected chi connectivity index (χ2v) is 13.0. The minimum atomic E-state index is -3.74. The summed E-state index contributed by atoms with van der Waals surface area (Å²) in [6, 6.07) is 4.02. The summed E-state index contributed by atoms with van der Waals surface area (Å²) in [6.45, 7) is 9.26. The number of hydrogen-bond donors (Lipinski definition) is 4. The Morgan fingerprint density at radius 2 is 1.90 bits per heavy atom. The van der Waals surface area contributed by atoms with Gasteiger partial charge in [0.25, 0.3) is 10.0 Å². The van der Waals surface area contributed by atoms with Gasteiger partial charge in [-0.2, -0.15) is 4.31 Å². The normalized spacial score (nSPS) is 17.9. The van der Waals surface area contributed by atoms with Gasteiger partial charge in [-0.1, -0.05) is 20.8 Å². The second kappa shape index (κ2) is 8.89. The molecule has 0 saturated carbocycles. The average molecular weight is 485 g/mol. The molecule has 1 atom stereocenters. The lowest BCUT2D eigenvalue weighted by atomic mass is 9.86. The van der Waals surface area contributed by atoms with Gasteiger partial charge in [-0.15, -0.1) is 22.7 Å². The number of aliphatic imine (C=N–C) groups is 1. The highest BCUT2D eigenvalue weighted by Gasteiger charge is 2.33. The predicted molar refractivity (Wildman–Crippen MR) is 127 cm³/mol. The van der Waals surface area contributed by atoms with E-state index in [0.29, 0.717) is 13.1 Å². The molecule has 170 valence electrons. The number of rotatable bonds is 5. The molecular formula is C20H30N5O3S3+. The molecule has 0 aliphatic carbocycles. The maximum absolute atomic E-state index is 12.8. The number of nitrogens with one attached hydrogen (secondary N) is 1. The molecule has 2 aromatic rings. The lowest BCUT2D eigenvalue weighted by molar-refractivity contribution is -0.528. The van der Waals surface area contributed by atoms with Crippen molar-refractivity contribution in [3.05, 3.63) is 27.3 Å². The van der Waals surface area contributed by atoms with E-state index in [4.69, 9.17) is 11.5 Å². The number of nitrogens with two attached hydrogens (primary N) is 2. The van der Waals surface area contributed by atoms with Crippen LogP contribution >= 0.6 is 22.7 Å². The molecule has 0 amide bonds. The van der Waals surface area contributed by atoms with E-state index in [9.17, 15) is 13.5 Å². The summed E-state index contributed by atoms with van der Waals surface area (Å²) in [6.07, 6.45) is 1.64. The standard InChI is InChI=1S/C20H29N5O3S3/c1-12-7-8-14(30-12)16(20(2,3)4)24-18(22)17(21)23-13-11-29-19(15(13)26)31(27,28)25-9-5-6-10-25/h7-8,11,16,26H,5-6,9-10H2,1-4H3,(H2,21,23)(H2,22,24)/p+1/t16-/m0/s1. The number of sulfonamides is 1. The quantitative estimate of drug-likeness (QED) is 0.379. The number of aryl methyl sites for hydroxylation is 1. The van der Waals surface area contributed by atoms with Crippen LogP contribution in [0.15, 0.2) is 26.7 Å². The number of thiophene rings is 2. The van der Waals surface area contributed by atoms with Crippen molar-refractivity contribution in [2.45, 2.75) is 50.8 Å². The summed E-state index contributed by atoms with van der Waals surface area (Å²) in [5, 5.41) is 12.0. The molecule has 1 fully saturated rings. The van der Waals surface area contributed by atoms with Gasteiger partial charge >= 0.3 is 5.84 Å². The Morgan fingerprint density at radius 3 is 2.45 bits per heavy atom. The van der Waals surface area contributed by atoms with Crippen molar-refractivity contribution in [3.63, 3.8) is 0 Å². The first-order valence-electron chi connectivity index (χ1n) is 10.0. The fraction of sp³-hybridized carbons (Fsp3) is 0.500. The van der Waals surface area contributed by atoms with Crippen LogP contribution in [0.25, 0.3) is 0 Å². The summed E-state index contributed by atoms with van der Waals surface area (Å²) in [7, 11) is -3.74. The second-order valence-electron chi connectivity index (χ2n) is 8.67. The van der Waals surface area contributed by atoms with E-state index in [2.05, 4.69) is 42.9 Å². The van der Waals surface area contributed by atoms with Crippen LogP contribution < -0.4 is 16.5 Å². The zero-order valence-corrected chi connectivity index (χ0v) is 20.6. The van der Waals surface area contributed by atoms with Crippen LogP contribution in [0.2, 0.25) is 0 Å². The van der Waals surface area contributed by atoms with Crippen LogP contribution in [-0.4, -0.2) is 42.6 Å². The molecular weight excluding hydrogens is 454 g/mol. The minimum Gasteiger partial charge on any atom is -0.504 e. The Kier molecular flexibility index (Phi) is 6.80. The zero-order valence-electron chi connectivity index (χ0n) is 18.2. The Bertz CT molecular complexity index is 1100. The molecule has 1 aliphatic rings. The number of hydrogen-bond acceptors (Lipinski definition) is 6. The van der Waals surface area contributed by atoms with Gasteiger partial charge in [-0.3, -0.25) is 10.7 Å². The molecule has 0 unspecified atom stereocenters. The van der Waals surface area contributed by atoms with Crippen LogP contribution in [0.5, 0.6) is 5.75 Å². The van der Waals surface area contributed by atoms with Crippen molar-refractivity contribution in [2.24, 2.45) is 21.9 Å². The molecule has 1 aliphatic heterocycles. The van der Waals surface area contributed by atoms with Crippen molar-refractivity contribution in [1.29, 1.82) is 0 Å². The molecule has 1 saturated heterocycles. The topological polar surface area (TPSA) is 136 Å². The molecule has 11 heteroatoms. The van der Waals surface area contributed by atoms with E-state index in [-0.39, 0.29) is 33.0 Å². The smallest absolute Gasteiger partial charge is 0.309 e. The predicted octanol–water partition coefficient (Wildman–Crippen LogP) is 1.82. The first kappa shape index (κ1) is 23.7. The van der Waals surface area contributed by atoms with Crippen LogP contribution in [-0.2, 0) is 10.0 Å². The van der Waals surface area contributed by atoms with Gasteiger partial charge in [0.15, 0.2) is 9.96 Å². The van der Waals surface area contributed by atoms with Crippen LogP contribution in [0.3, 0.4) is 0 Å². The van der Waals surface area contributed by atoms with E-state index in [1.807, 2.05) is 6.92 Å². The summed E-state index contributed by atoms with van der Waals surface area (Å²) in [5.41, 5.74) is 12.2. The summed E-state index contributed by atoms with van der Waals surface area (Å²) >= 11 is 2.61. The monoisotopic (exact) mass is 484 g/mol. The third-order valence-electron chi connectivity index (χ3n) is 5.08. The number of nitrogens with zero attached hydrogens (tertiary/aromatic N) is 2. The van der Waals surface area contributed by atoms with E-state index in [0.717, 1.165) is 29.1 Å². The Morgan fingerprint density at radius 1 is 1.26 bits per heavy atom. The van der Waals surface area contributed by atoms with Crippen LogP contribution in [0, 0.1) is 12.3 Å². The average Bonchev–Trinajstić information content (AvgIpc) is 3.41. The molecule has 0 spiro atoms. The first-order valence-corrected chi connectivity index (χ1v) is 13.2. The SMILES string of the molecule is Cc1ccc([C@H]([NH+]=C(N)C(N)=Nc2csc(S(=O)(=O)N3CCCC3)c2O)C(C)(C)C)s1. The molecule has 3 rings (SSSR count). The fourth-order valence-corrected chi connectivity index (χ4v) is 7.42. The van der Waals surface area contributed by atoms with Crippen molar-refractivity contribution in [2.75, 3.05) is 13.1 Å². The maximum atomic E-state index is 12.8. The van der Waals surface area contributed by atoms with E-state index in [1.54, 1.807) is 11.3 Å². The molecule has 2 aromatic heterocycles. The van der Waals surface area contributed by atoms with Gasteiger partial charge < -0.3 is 10.8 Å². The third kappa shape index (κ3) is 5.11. The maximum Gasteiger partial charge on any atom is 0.309 e. The largest absolute Gasteiger partial charge is 0.504 e.